The molecule has 4 rings (SSSR count). The first kappa shape index (κ1) is 19.6. The molecule has 29 heavy (non-hydrogen) atoms. The zero-order chi connectivity index (χ0) is 20.4. The molecule has 0 bridgehead atoms. The van der Waals surface area contributed by atoms with Crippen LogP contribution in [0.4, 0.5) is 10.1 Å². The molecule has 1 N–H and O–H groups in total. The molecule has 0 saturated carbocycles. The zero-order valence-electron chi connectivity index (χ0n) is 16.6. The number of nitrogens with zero attached hydrogens (tertiary/aromatic N) is 2. The van der Waals surface area contributed by atoms with Gasteiger partial charge >= 0.3 is 0 Å². The number of carbonyl (C=O) groups is 2. The van der Waals surface area contributed by atoms with Gasteiger partial charge in [0.25, 0.3) is 0 Å². The highest BCUT2D eigenvalue weighted by Gasteiger charge is 2.48. The van der Waals surface area contributed by atoms with Gasteiger partial charge < -0.3 is 10.2 Å². The zero-order valence-corrected chi connectivity index (χ0v) is 16.6. The quantitative estimate of drug-likeness (QED) is 0.845. The van der Waals surface area contributed by atoms with Gasteiger partial charge in [-0.25, -0.2) is 4.39 Å². The summed E-state index contributed by atoms with van der Waals surface area (Å²) in [7, 11) is 0. The molecule has 0 aromatic heterocycles. The number of benzene rings is 2. The topological polar surface area (TPSA) is 52.7 Å². The van der Waals surface area contributed by atoms with E-state index >= 15 is 0 Å². The van der Waals surface area contributed by atoms with E-state index in [-0.39, 0.29) is 29.6 Å². The van der Waals surface area contributed by atoms with Gasteiger partial charge in [0.05, 0.1) is 12.6 Å². The summed E-state index contributed by atoms with van der Waals surface area (Å²) in [5, 5.41) is 2.93. The van der Waals surface area contributed by atoms with Crippen molar-refractivity contribution < 1.29 is 14.0 Å². The summed E-state index contributed by atoms with van der Waals surface area (Å²) < 4.78 is 13.9. The second-order valence-electron chi connectivity index (χ2n) is 7.93. The Morgan fingerprint density at radius 2 is 1.86 bits per heavy atom. The molecule has 2 amide bonds. The first-order chi connectivity index (χ1) is 14.0. The normalized spacial score (nSPS) is 23.8. The Labute approximate surface area is 170 Å². The first-order valence-corrected chi connectivity index (χ1v) is 10.2. The maximum atomic E-state index is 13.9. The molecule has 152 valence electrons. The molecule has 0 aliphatic carbocycles. The van der Waals surface area contributed by atoms with Gasteiger partial charge in [0, 0.05) is 37.7 Å². The Balaban J connectivity index is 1.47. The third-order valence-electron chi connectivity index (χ3n) is 5.98. The Hall–Kier alpha value is -2.73. The number of nitrogens with one attached hydrogen (secondary N) is 1. The lowest BCUT2D eigenvalue weighted by Gasteiger charge is -2.29. The Morgan fingerprint density at radius 3 is 2.59 bits per heavy atom. The van der Waals surface area contributed by atoms with Crippen LogP contribution in [-0.2, 0) is 9.59 Å². The number of carbonyl (C=O) groups excluding carboxylic acids is 2. The number of amides is 2. The van der Waals surface area contributed by atoms with E-state index in [0.29, 0.717) is 25.4 Å². The van der Waals surface area contributed by atoms with Crippen LogP contribution < -0.4 is 5.32 Å². The standard InChI is InChI=1S/C23H26FN3O2/c1-2-22(29)27-13-17-12-26(15-21(28)25-19-9-4-3-5-10-19)14-20(17)23(27)16-7-6-8-18(24)11-16/h3-11,17,20,23H,2,12-15H2,1H3,(H,25,28)/t17-,20-,23+/m0/s1. The van der Waals surface area contributed by atoms with Crippen LogP contribution >= 0.6 is 0 Å². The van der Waals surface area contributed by atoms with Crippen molar-refractivity contribution in [3.63, 3.8) is 0 Å². The molecule has 6 heteroatoms. The van der Waals surface area contributed by atoms with E-state index < -0.39 is 0 Å². The fraction of sp³-hybridized carbons (Fsp3) is 0.391. The second-order valence-corrected chi connectivity index (χ2v) is 7.93. The van der Waals surface area contributed by atoms with E-state index in [2.05, 4.69) is 10.2 Å². The van der Waals surface area contributed by atoms with E-state index in [9.17, 15) is 14.0 Å². The molecule has 5 nitrogen and oxygen atoms in total. The smallest absolute Gasteiger partial charge is 0.238 e. The van der Waals surface area contributed by atoms with Gasteiger partial charge in [0.15, 0.2) is 0 Å². The van der Waals surface area contributed by atoms with E-state index in [0.717, 1.165) is 24.3 Å². The number of fused-ring (bicyclic) bond motifs is 1. The fourth-order valence-electron chi connectivity index (χ4n) is 4.77. The third-order valence-corrected chi connectivity index (χ3v) is 5.98. The van der Waals surface area contributed by atoms with Gasteiger partial charge in [-0.3, -0.25) is 14.5 Å². The highest BCUT2D eigenvalue weighted by molar-refractivity contribution is 5.92. The summed E-state index contributed by atoms with van der Waals surface area (Å²) >= 11 is 0. The summed E-state index contributed by atoms with van der Waals surface area (Å²) in [6.07, 6.45) is 0.439. The molecular formula is C23H26FN3O2. The van der Waals surface area contributed by atoms with Crippen LogP contribution in [0.1, 0.15) is 24.9 Å². The predicted molar refractivity (Wildman–Crippen MR) is 110 cm³/mol. The molecule has 2 aromatic carbocycles. The maximum Gasteiger partial charge on any atom is 0.238 e. The van der Waals surface area contributed by atoms with Gasteiger partial charge in [0.1, 0.15) is 5.82 Å². The molecule has 2 aliphatic rings. The van der Waals surface area contributed by atoms with Crippen LogP contribution in [0, 0.1) is 17.7 Å². The highest BCUT2D eigenvalue weighted by Crippen LogP contribution is 2.45. The van der Waals surface area contributed by atoms with Gasteiger partial charge in [-0.05, 0) is 35.7 Å². The highest BCUT2D eigenvalue weighted by atomic mass is 19.1. The third kappa shape index (κ3) is 4.17. The van der Waals surface area contributed by atoms with E-state index in [1.54, 1.807) is 6.07 Å². The summed E-state index contributed by atoms with van der Waals surface area (Å²) in [6.45, 7) is 4.34. The average molecular weight is 395 g/mol. The van der Waals surface area contributed by atoms with Crippen LogP contribution in [0.25, 0.3) is 0 Å². The number of para-hydroxylation sites is 1. The molecule has 2 aromatic rings. The number of halogens is 1. The molecule has 2 fully saturated rings. The number of hydrogen-bond acceptors (Lipinski definition) is 3. The molecule has 2 heterocycles. The van der Waals surface area contributed by atoms with Gasteiger partial charge in [-0.2, -0.15) is 0 Å². The summed E-state index contributed by atoms with van der Waals surface area (Å²) in [4.78, 5) is 29.0. The van der Waals surface area contributed by atoms with E-state index in [1.807, 2.05) is 48.2 Å². The second kappa shape index (κ2) is 8.33. The minimum Gasteiger partial charge on any atom is -0.335 e. The van der Waals surface area contributed by atoms with Crippen LogP contribution in [0.5, 0.6) is 0 Å². The Kier molecular flexibility index (Phi) is 5.62. The summed E-state index contributed by atoms with van der Waals surface area (Å²) in [5.74, 6) is 0.272. The minimum absolute atomic E-state index is 0.0417. The average Bonchev–Trinajstić information content (AvgIpc) is 3.25. The Bertz CT molecular complexity index is 889. The predicted octanol–water partition coefficient (Wildman–Crippen LogP) is 3.31. The van der Waals surface area contributed by atoms with E-state index in [1.165, 1.54) is 12.1 Å². The molecule has 3 atom stereocenters. The molecule has 0 unspecified atom stereocenters. The summed E-state index contributed by atoms with van der Waals surface area (Å²) in [6, 6.07) is 15.8. The lowest BCUT2D eigenvalue weighted by Crippen LogP contribution is -2.37. The van der Waals surface area contributed by atoms with Crippen molar-refractivity contribution in [1.82, 2.24) is 9.80 Å². The van der Waals surface area contributed by atoms with Gasteiger partial charge in [-0.1, -0.05) is 37.3 Å². The van der Waals surface area contributed by atoms with E-state index in [4.69, 9.17) is 0 Å². The van der Waals surface area contributed by atoms with Crippen molar-refractivity contribution in [3.05, 3.63) is 66.0 Å². The number of likely N-dealkylation sites (tertiary alicyclic amines) is 2. The lowest BCUT2D eigenvalue weighted by molar-refractivity contribution is -0.132. The molecule has 0 spiro atoms. The first-order valence-electron chi connectivity index (χ1n) is 10.2. The van der Waals surface area contributed by atoms with Crippen molar-refractivity contribution in [2.75, 3.05) is 31.5 Å². The molecular weight excluding hydrogens is 369 g/mol. The van der Waals surface area contributed by atoms with Crippen LogP contribution in [0.2, 0.25) is 0 Å². The number of hydrogen-bond donors (Lipinski definition) is 1. The molecule has 0 radical (unpaired) electrons. The van der Waals surface area contributed by atoms with Gasteiger partial charge in [-0.15, -0.1) is 0 Å². The number of rotatable bonds is 5. The van der Waals surface area contributed by atoms with Crippen LogP contribution in [-0.4, -0.2) is 47.8 Å². The molecule has 2 aliphatic heterocycles. The maximum absolute atomic E-state index is 13.9. The van der Waals surface area contributed by atoms with Crippen molar-refractivity contribution in [1.29, 1.82) is 0 Å². The van der Waals surface area contributed by atoms with Crippen LogP contribution in [0.3, 0.4) is 0 Å². The largest absolute Gasteiger partial charge is 0.335 e. The summed E-state index contributed by atoms with van der Waals surface area (Å²) in [5.41, 5.74) is 1.63. The van der Waals surface area contributed by atoms with Crippen molar-refractivity contribution in [3.8, 4) is 0 Å². The van der Waals surface area contributed by atoms with Crippen LogP contribution in [0.15, 0.2) is 54.6 Å². The monoisotopic (exact) mass is 395 g/mol. The minimum atomic E-state index is -0.285. The fourth-order valence-corrected chi connectivity index (χ4v) is 4.77. The number of anilines is 1. The van der Waals surface area contributed by atoms with Crippen molar-refractivity contribution in [2.24, 2.45) is 11.8 Å². The van der Waals surface area contributed by atoms with Crippen molar-refractivity contribution >= 4 is 17.5 Å². The SMILES string of the molecule is CCC(=O)N1C[C@@H]2CN(CC(=O)Nc3ccccc3)C[C@@H]2[C@H]1c1cccc(F)c1. The molecule has 2 saturated heterocycles. The lowest BCUT2D eigenvalue weighted by atomic mass is 9.89. The van der Waals surface area contributed by atoms with Gasteiger partial charge in [0.2, 0.25) is 11.8 Å². The van der Waals surface area contributed by atoms with Crippen molar-refractivity contribution in [2.45, 2.75) is 19.4 Å². The Morgan fingerprint density at radius 1 is 1.07 bits per heavy atom.